The highest BCUT2D eigenvalue weighted by Crippen LogP contribution is 2.27. The van der Waals surface area contributed by atoms with E-state index in [4.69, 9.17) is 16.9 Å². The largest absolute Gasteiger partial charge is 0.378 e. The van der Waals surface area contributed by atoms with E-state index in [-0.39, 0.29) is 10.9 Å². The molecule has 0 radical (unpaired) electrons. The number of nitro benzene ring substituents is 1. The van der Waals surface area contributed by atoms with Gasteiger partial charge in [0.25, 0.3) is 5.69 Å². The van der Waals surface area contributed by atoms with Crippen LogP contribution in [-0.2, 0) is 0 Å². The normalized spacial score (nSPS) is 11.6. The summed E-state index contributed by atoms with van der Waals surface area (Å²) in [6, 6.07) is 4.44. The maximum atomic E-state index is 10.8. The second kappa shape index (κ2) is 6.33. The van der Waals surface area contributed by atoms with Crippen LogP contribution in [0.25, 0.3) is 0 Å². The van der Waals surface area contributed by atoms with Crippen LogP contribution >= 0.6 is 23.4 Å². The zero-order chi connectivity index (χ0) is 12.8. The Hall–Kier alpha value is -1.45. The first-order valence-corrected chi connectivity index (χ1v) is 6.03. The lowest BCUT2D eigenvalue weighted by molar-refractivity contribution is -0.383. The number of nitriles is 1. The SMILES string of the molecule is CC(CNc1ccc(Cl)cc1[N+](=O)[O-])SC#N. The van der Waals surface area contributed by atoms with Crippen molar-refractivity contribution >= 4 is 34.7 Å². The van der Waals surface area contributed by atoms with Crippen LogP contribution in [0.2, 0.25) is 5.02 Å². The Labute approximate surface area is 108 Å². The number of thioether (sulfide) groups is 1. The summed E-state index contributed by atoms with van der Waals surface area (Å²) in [6.07, 6.45) is 0. The minimum Gasteiger partial charge on any atom is -0.378 e. The summed E-state index contributed by atoms with van der Waals surface area (Å²) in [7, 11) is 0. The van der Waals surface area contributed by atoms with Gasteiger partial charge < -0.3 is 5.32 Å². The van der Waals surface area contributed by atoms with E-state index >= 15 is 0 Å². The van der Waals surface area contributed by atoms with Crippen LogP contribution in [0, 0.1) is 20.8 Å². The van der Waals surface area contributed by atoms with Gasteiger partial charge in [0.05, 0.1) is 4.92 Å². The fraction of sp³-hybridized carbons (Fsp3) is 0.300. The zero-order valence-corrected chi connectivity index (χ0v) is 10.6. The molecule has 1 unspecified atom stereocenters. The number of anilines is 1. The number of nitrogens with one attached hydrogen (secondary N) is 1. The first-order chi connectivity index (χ1) is 8.04. The highest BCUT2D eigenvalue weighted by atomic mass is 35.5. The molecule has 0 aliphatic heterocycles. The van der Waals surface area contributed by atoms with E-state index in [9.17, 15) is 10.1 Å². The maximum Gasteiger partial charge on any atom is 0.293 e. The first-order valence-electron chi connectivity index (χ1n) is 4.77. The first kappa shape index (κ1) is 13.6. The van der Waals surface area contributed by atoms with Crippen LogP contribution in [0.15, 0.2) is 18.2 Å². The molecule has 0 saturated carbocycles. The van der Waals surface area contributed by atoms with Gasteiger partial charge in [0.15, 0.2) is 0 Å². The van der Waals surface area contributed by atoms with Gasteiger partial charge in [-0.3, -0.25) is 10.1 Å². The van der Waals surface area contributed by atoms with E-state index in [1.165, 1.54) is 6.07 Å². The number of hydrogen-bond acceptors (Lipinski definition) is 5. The summed E-state index contributed by atoms with van der Waals surface area (Å²) >= 11 is 6.81. The molecule has 0 aromatic heterocycles. The molecule has 0 spiro atoms. The van der Waals surface area contributed by atoms with Crippen molar-refractivity contribution in [3.05, 3.63) is 33.3 Å². The molecular formula is C10H10ClN3O2S. The van der Waals surface area contributed by atoms with Crippen molar-refractivity contribution in [2.45, 2.75) is 12.2 Å². The molecule has 0 aliphatic carbocycles. The van der Waals surface area contributed by atoms with Crippen LogP contribution in [0.3, 0.4) is 0 Å². The Morgan fingerprint density at radius 3 is 3.00 bits per heavy atom. The Morgan fingerprint density at radius 2 is 2.41 bits per heavy atom. The van der Waals surface area contributed by atoms with E-state index in [1.807, 2.05) is 12.3 Å². The maximum absolute atomic E-state index is 10.8. The van der Waals surface area contributed by atoms with Gasteiger partial charge in [-0.15, -0.1) is 0 Å². The number of halogens is 1. The van der Waals surface area contributed by atoms with E-state index in [0.717, 1.165) is 11.8 Å². The molecule has 0 heterocycles. The lowest BCUT2D eigenvalue weighted by Gasteiger charge is -2.10. The molecule has 1 aromatic rings. The lowest BCUT2D eigenvalue weighted by atomic mass is 10.2. The topological polar surface area (TPSA) is 79.0 Å². The fourth-order valence-electron chi connectivity index (χ4n) is 1.19. The Kier molecular flexibility index (Phi) is 5.07. The van der Waals surface area contributed by atoms with Gasteiger partial charge in [-0.05, 0) is 23.9 Å². The second-order valence-corrected chi connectivity index (χ2v) is 4.98. The minimum absolute atomic E-state index is 0.0512. The van der Waals surface area contributed by atoms with Crippen molar-refractivity contribution < 1.29 is 4.92 Å². The molecule has 0 aliphatic rings. The van der Waals surface area contributed by atoms with Gasteiger partial charge in [0, 0.05) is 22.9 Å². The quantitative estimate of drug-likeness (QED) is 0.505. The molecule has 0 bridgehead atoms. The summed E-state index contributed by atoms with van der Waals surface area (Å²) < 4.78 is 0. The van der Waals surface area contributed by atoms with Crippen LogP contribution in [-0.4, -0.2) is 16.7 Å². The number of benzene rings is 1. The zero-order valence-electron chi connectivity index (χ0n) is 9.01. The van der Waals surface area contributed by atoms with Crippen molar-refractivity contribution in [3.63, 3.8) is 0 Å². The molecule has 1 aromatic carbocycles. The summed E-state index contributed by atoms with van der Waals surface area (Å²) in [5.41, 5.74) is 0.344. The predicted molar refractivity (Wildman–Crippen MR) is 69.3 cm³/mol. The molecule has 1 rings (SSSR count). The van der Waals surface area contributed by atoms with Crippen molar-refractivity contribution in [2.24, 2.45) is 0 Å². The number of hydrogen-bond donors (Lipinski definition) is 1. The molecule has 7 heteroatoms. The number of nitrogens with zero attached hydrogens (tertiary/aromatic N) is 2. The van der Waals surface area contributed by atoms with Gasteiger partial charge in [0.2, 0.25) is 0 Å². The van der Waals surface area contributed by atoms with E-state index in [0.29, 0.717) is 17.3 Å². The summed E-state index contributed by atoms with van der Waals surface area (Å²) in [5, 5.41) is 24.5. The Bertz CT molecular complexity index is 461. The third-order valence-electron chi connectivity index (χ3n) is 1.99. The van der Waals surface area contributed by atoms with E-state index in [1.54, 1.807) is 12.1 Å². The summed E-state index contributed by atoms with van der Waals surface area (Å²) in [4.78, 5) is 10.3. The van der Waals surface area contributed by atoms with E-state index in [2.05, 4.69) is 5.32 Å². The van der Waals surface area contributed by atoms with Crippen molar-refractivity contribution in [2.75, 3.05) is 11.9 Å². The van der Waals surface area contributed by atoms with Crippen LogP contribution in [0.5, 0.6) is 0 Å². The minimum atomic E-state index is -0.490. The van der Waals surface area contributed by atoms with Crippen molar-refractivity contribution in [1.82, 2.24) is 0 Å². The Morgan fingerprint density at radius 1 is 1.71 bits per heavy atom. The average molecular weight is 272 g/mol. The van der Waals surface area contributed by atoms with Crippen molar-refractivity contribution in [1.29, 1.82) is 5.26 Å². The molecule has 0 amide bonds. The number of rotatable bonds is 5. The third kappa shape index (κ3) is 4.13. The summed E-state index contributed by atoms with van der Waals surface area (Å²) in [6.45, 7) is 2.34. The molecule has 1 atom stereocenters. The molecule has 0 saturated heterocycles. The van der Waals surface area contributed by atoms with Gasteiger partial charge in [-0.2, -0.15) is 5.26 Å². The van der Waals surface area contributed by atoms with Gasteiger partial charge in [-0.1, -0.05) is 18.5 Å². The monoisotopic (exact) mass is 271 g/mol. The smallest absolute Gasteiger partial charge is 0.293 e. The van der Waals surface area contributed by atoms with Crippen molar-refractivity contribution in [3.8, 4) is 5.40 Å². The third-order valence-corrected chi connectivity index (χ3v) is 2.90. The van der Waals surface area contributed by atoms with Gasteiger partial charge >= 0.3 is 0 Å². The fourth-order valence-corrected chi connectivity index (χ4v) is 1.70. The average Bonchev–Trinajstić information content (AvgIpc) is 2.27. The predicted octanol–water partition coefficient (Wildman–Crippen LogP) is 3.26. The van der Waals surface area contributed by atoms with E-state index < -0.39 is 4.92 Å². The summed E-state index contributed by atoms with van der Waals surface area (Å²) in [5.74, 6) is 0. The molecule has 17 heavy (non-hydrogen) atoms. The standard InChI is InChI=1S/C10H10ClN3O2S/c1-7(17-6-12)5-13-9-3-2-8(11)4-10(9)14(15)16/h2-4,7,13H,5H2,1H3. The number of thiocyanates is 1. The van der Waals surface area contributed by atoms with Crippen LogP contribution < -0.4 is 5.32 Å². The highest BCUT2D eigenvalue weighted by Gasteiger charge is 2.14. The second-order valence-electron chi connectivity index (χ2n) is 3.32. The molecular weight excluding hydrogens is 262 g/mol. The van der Waals surface area contributed by atoms with Crippen LogP contribution in [0.1, 0.15) is 6.92 Å². The molecule has 5 nitrogen and oxygen atoms in total. The highest BCUT2D eigenvalue weighted by molar-refractivity contribution is 8.04. The lowest BCUT2D eigenvalue weighted by Crippen LogP contribution is -2.13. The number of nitro groups is 1. The molecule has 0 fully saturated rings. The van der Waals surface area contributed by atoms with Gasteiger partial charge in [0.1, 0.15) is 11.1 Å². The van der Waals surface area contributed by atoms with Gasteiger partial charge in [-0.25, -0.2) is 0 Å². The van der Waals surface area contributed by atoms with Crippen LogP contribution in [0.4, 0.5) is 11.4 Å². The molecule has 1 N–H and O–H groups in total. The molecule has 90 valence electrons. The Balaban J connectivity index is 2.77.